The first-order chi connectivity index (χ1) is 8.69. The predicted octanol–water partition coefficient (Wildman–Crippen LogP) is 2.91. The molecule has 0 amide bonds. The van der Waals surface area contributed by atoms with Crippen LogP contribution in [-0.4, -0.2) is 37.3 Å². The second kappa shape index (κ2) is 8.06. The van der Waals surface area contributed by atoms with Crippen LogP contribution in [0.15, 0.2) is 24.3 Å². The molecule has 0 saturated carbocycles. The van der Waals surface area contributed by atoms with Gasteiger partial charge < -0.3 is 15.0 Å². The highest BCUT2D eigenvalue weighted by molar-refractivity contribution is 7.80. The monoisotopic (exact) mass is 266 g/mol. The van der Waals surface area contributed by atoms with Gasteiger partial charge in [0.1, 0.15) is 0 Å². The van der Waals surface area contributed by atoms with Gasteiger partial charge >= 0.3 is 0 Å². The SMILES string of the molecule is CCc1ccccc1NC(=S)N(C)CCCOC. The minimum Gasteiger partial charge on any atom is -0.385 e. The van der Waals surface area contributed by atoms with Crippen LogP contribution in [0.3, 0.4) is 0 Å². The van der Waals surface area contributed by atoms with E-state index < -0.39 is 0 Å². The minimum absolute atomic E-state index is 0.756. The summed E-state index contributed by atoms with van der Waals surface area (Å²) >= 11 is 5.39. The van der Waals surface area contributed by atoms with Crippen LogP contribution in [0.2, 0.25) is 0 Å². The van der Waals surface area contributed by atoms with Gasteiger partial charge in [0, 0.05) is 33.0 Å². The van der Waals surface area contributed by atoms with Crippen molar-refractivity contribution in [3.63, 3.8) is 0 Å². The predicted molar refractivity (Wildman–Crippen MR) is 81.2 cm³/mol. The Balaban J connectivity index is 2.53. The molecule has 18 heavy (non-hydrogen) atoms. The molecule has 1 aromatic rings. The summed E-state index contributed by atoms with van der Waals surface area (Å²) < 4.78 is 5.04. The molecule has 3 nitrogen and oxygen atoms in total. The third-order valence-corrected chi connectivity index (χ3v) is 3.24. The number of hydrogen-bond acceptors (Lipinski definition) is 2. The van der Waals surface area contributed by atoms with Crippen molar-refractivity contribution in [2.45, 2.75) is 19.8 Å². The van der Waals surface area contributed by atoms with Crippen LogP contribution in [0.5, 0.6) is 0 Å². The molecule has 0 aliphatic rings. The van der Waals surface area contributed by atoms with Crippen molar-refractivity contribution in [3.05, 3.63) is 29.8 Å². The lowest BCUT2D eigenvalue weighted by atomic mass is 10.1. The normalized spacial score (nSPS) is 10.2. The molecule has 0 spiro atoms. The van der Waals surface area contributed by atoms with Crippen LogP contribution >= 0.6 is 12.2 Å². The second-order valence-electron chi connectivity index (χ2n) is 4.21. The van der Waals surface area contributed by atoms with Gasteiger partial charge in [-0.3, -0.25) is 0 Å². The van der Waals surface area contributed by atoms with E-state index in [4.69, 9.17) is 17.0 Å². The molecule has 0 bridgehead atoms. The van der Waals surface area contributed by atoms with Gasteiger partial charge in [-0.2, -0.15) is 0 Å². The summed E-state index contributed by atoms with van der Waals surface area (Å²) in [7, 11) is 3.72. The number of ether oxygens (including phenoxy) is 1. The maximum absolute atomic E-state index is 5.39. The van der Waals surface area contributed by atoms with Crippen LogP contribution < -0.4 is 5.32 Å². The van der Waals surface area contributed by atoms with Crippen LogP contribution in [0.25, 0.3) is 0 Å². The number of thiocarbonyl (C=S) groups is 1. The van der Waals surface area contributed by atoms with Crippen molar-refractivity contribution in [2.75, 3.05) is 32.6 Å². The summed E-state index contributed by atoms with van der Waals surface area (Å²) in [5.74, 6) is 0. The fourth-order valence-corrected chi connectivity index (χ4v) is 1.91. The Bertz CT molecular complexity index is 382. The van der Waals surface area contributed by atoms with Crippen molar-refractivity contribution in [1.29, 1.82) is 0 Å². The summed E-state index contributed by atoms with van der Waals surface area (Å²) in [5, 5.41) is 4.06. The Morgan fingerprint density at radius 3 is 2.78 bits per heavy atom. The number of para-hydroxylation sites is 1. The Hall–Kier alpha value is -1.13. The first-order valence-corrected chi connectivity index (χ1v) is 6.68. The molecule has 0 aliphatic carbocycles. The average Bonchev–Trinajstić information content (AvgIpc) is 2.39. The molecule has 1 aromatic carbocycles. The van der Waals surface area contributed by atoms with Gasteiger partial charge in [-0.05, 0) is 36.7 Å². The molecule has 0 atom stereocenters. The van der Waals surface area contributed by atoms with Gasteiger partial charge in [0.05, 0.1) is 0 Å². The van der Waals surface area contributed by atoms with Crippen molar-refractivity contribution in [3.8, 4) is 0 Å². The van der Waals surface area contributed by atoms with Crippen molar-refractivity contribution < 1.29 is 4.74 Å². The largest absolute Gasteiger partial charge is 0.385 e. The third kappa shape index (κ3) is 4.63. The Kier molecular flexibility index (Phi) is 6.68. The minimum atomic E-state index is 0.756. The van der Waals surface area contributed by atoms with Gasteiger partial charge in [0.15, 0.2) is 5.11 Å². The Morgan fingerprint density at radius 1 is 1.39 bits per heavy atom. The molecule has 0 fully saturated rings. The number of methoxy groups -OCH3 is 1. The quantitative estimate of drug-likeness (QED) is 0.632. The van der Waals surface area contributed by atoms with Gasteiger partial charge in [0.2, 0.25) is 0 Å². The van der Waals surface area contributed by atoms with Gasteiger partial charge in [-0.1, -0.05) is 25.1 Å². The maximum atomic E-state index is 5.39. The summed E-state index contributed by atoms with van der Waals surface area (Å²) in [4.78, 5) is 2.04. The summed E-state index contributed by atoms with van der Waals surface area (Å²) in [6.45, 7) is 3.80. The number of nitrogens with zero attached hydrogens (tertiary/aromatic N) is 1. The van der Waals surface area contributed by atoms with E-state index in [1.807, 2.05) is 18.0 Å². The average molecular weight is 266 g/mol. The number of anilines is 1. The molecule has 0 saturated heterocycles. The highest BCUT2D eigenvalue weighted by Gasteiger charge is 2.06. The number of aryl methyl sites for hydroxylation is 1. The van der Waals surface area contributed by atoms with E-state index in [2.05, 4.69) is 30.4 Å². The lowest BCUT2D eigenvalue weighted by molar-refractivity contribution is 0.189. The van der Waals surface area contributed by atoms with E-state index in [1.54, 1.807) is 7.11 Å². The van der Waals surface area contributed by atoms with Crippen molar-refractivity contribution >= 4 is 23.0 Å². The lowest BCUT2D eigenvalue weighted by Gasteiger charge is -2.22. The maximum Gasteiger partial charge on any atom is 0.173 e. The van der Waals surface area contributed by atoms with Gasteiger partial charge in [0.25, 0.3) is 0 Å². The Morgan fingerprint density at radius 2 is 2.11 bits per heavy atom. The molecule has 1 N–H and O–H groups in total. The molecule has 100 valence electrons. The zero-order valence-electron chi connectivity index (χ0n) is 11.4. The topological polar surface area (TPSA) is 24.5 Å². The molecule has 0 unspecified atom stereocenters. The highest BCUT2D eigenvalue weighted by Crippen LogP contribution is 2.15. The fraction of sp³-hybridized carbons (Fsp3) is 0.500. The van der Waals surface area contributed by atoms with Crippen molar-refractivity contribution in [1.82, 2.24) is 4.90 Å². The number of hydrogen-bond donors (Lipinski definition) is 1. The van der Waals surface area contributed by atoms with Crippen LogP contribution in [0.1, 0.15) is 18.9 Å². The molecule has 0 radical (unpaired) electrons. The first-order valence-electron chi connectivity index (χ1n) is 6.28. The van der Waals surface area contributed by atoms with Gasteiger partial charge in [-0.15, -0.1) is 0 Å². The van der Waals surface area contributed by atoms with E-state index >= 15 is 0 Å². The van der Waals surface area contributed by atoms with Crippen LogP contribution in [0.4, 0.5) is 5.69 Å². The van der Waals surface area contributed by atoms with E-state index in [0.29, 0.717) is 0 Å². The molecule has 0 aliphatic heterocycles. The second-order valence-corrected chi connectivity index (χ2v) is 4.60. The summed E-state index contributed by atoms with van der Waals surface area (Å²) in [5.41, 5.74) is 2.38. The standard InChI is InChI=1S/C14H22N2OS/c1-4-12-8-5-6-9-13(12)15-14(18)16(2)10-7-11-17-3/h5-6,8-9H,4,7,10-11H2,1-3H3,(H,15,18). The molecule has 4 heteroatoms. The third-order valence-electron chi connectivity index (χ3n) is 2.83. The zero-order chi connectivity index (χ0) is 13.4. The summed E-state index contributed by atoms with van der Waals surface area (Å²) in [6.07, 6.45) is 1.98. The first kappa shape index (κ1) is 14.9. The molecular weight excluding hydrogens is 244 g/mol. The smallest absolute Gasteiger partial charge is 0.173 e. The zero-order valence-corrected chi connectivity index (χ0v) is 12.2. The molecule has 1 rings (SSSR count). The molecule has 0 aromatic heterocycles. The van der Waals surface area contributed by atoms with E-state index in [0.717, 1.165) is 36.8 Å². The number of benzene rings is 1. The lowest BCUT2D eigenvalue weighted by Crippen LogP contribution is -2.32. The number of rotatable bonds is 6. The van der Waals surface area contributed by atoms with Crippen molar-refractivity contribution in [2.24, 2.45) is 0 Å². The van der Waals surface area contributed by atoms with E-state index in [9.17, 15) is 0 Å². The number of nitrogens with one attached hydrogen (secondary N) is 1. The van der Waals surface area contributed by atoms with E-state index in [-0.39, 0.29) is 0 Å². The molecular formula is C14H22N2OS. The van der Waals surface area contributed by atoms with E-state index in [1.165, 1.54) is 5.56 Å². The Labute approximate surface area is 115 Å². The molecule has 0 heterocycles. The summed E-state index contributed by atoms with van der Waals surface area (Å²) in [6, 6.07) is 8.26. The van der Waals surface area contributed by atoms with Crippen LogP contribution in [-0.2, 0) is 11.2 Å². The van der Waals surface area contributed by atoms with Crippen LogP contribution in [0, 0.1) is 0 Å². The van der Waals surface area contributed by atoms with Gasteiger partial charge in [-0.25, -0.2) is 0 Å². The highest BCUT2D eigenvalue weighted by atomic mass is 32.1. The fourth-order valence-electron chi connectivity index (χ4n) is 1.71.